The molecule has 1 aliphatic carbocycles. The lowest BCUT2D eigenvalue weighted by Gasteiger charge is -2.26. The van der Waals surface area contributed by atoms with Gasteiger partial charge < -0.3 is 5.73 Å². The zero-order chi connectivity index (χ0) is 15.5. The van der Waals surface area contributed by atoms with E-state index in [2.05, 4.69) is 4.72 Å². The number of nitro benzene ring substituents is 1. The van der Waals surface area contributed by atoms with Crippen molar-refractivity contribution in [2.24, 2.45) is 11.7 Å². The first-order valence-corrected chi connectivity index (χ1v) is 8.36. The Hall–Kier alpha value is -1.51. The van der Waals surface area contributed by atoms with Crippen molar-refractivity contribution < 1.29 is 13.3 Å². The molecule has 0 amide bonds. The van der Waals surface area contributed by atoms with Gasteiger partial charge in [-0.2, -0.15) is 0 Å². The number of sulfonamides is 1. The highest BCUT2D eigenvalue weighted by Gasteiger charge is 2.22. The predicted octanol–water partition coefficient (Wildman–Crippen LogP) is 1.39. The van der Waals surface area contributed by atoms with E-state index in [0.29, 0.717) is 6.54 Å². The zero-order valence-corrected chi connectivity index (χ0v) is 12.4. The molecular formula is C13H19N3O4S. The molecule has 21 heavy (non-hydrogen) atoms. The van der Waals surface area contributed by atoms with Crippen molar-refractivity contribution in [3.8, 4) is 0 Å². The van der Waals surface area contributed by atoms with Crippen LogP contribution in [0.2, 0.25) is 0 Å². The first kappa shape index (κ1) is 15.9. The summed E-state index contributed by atoms with van der Waals surface area (Å²) in [5.41, 5.74) is 5.75. The number of nitrogens with zero attached hydrogens (tertiary/aromatic N) is 1. The normalized spacial score (nSPS) is 22.9. The molecule has 7 nitrogen and oxygen atoms in total. The monoisotopic (exact) mass is 313 g/mol. The molecule has 1 fully saturated rings. The van der Waals surface area contributed by atoms with Crippen molar-refractivity contribution in [2.45, 2.75) is 36.6 Å². The molecule has 0 aromatic heterocycles. The Balaban J connectivity index is 1.99. The summed E-state index contributed by atoms with van der Waals surface area (Å²) >= 11 is 0. The molecule has 3 N–H and O–H groups in total. The summed E-state index contributed by atoms with van der Waals surface area (Å²) < 4.78 is 26.8. The van der Waals surface area contributed by atoms with Crippen LogP contribution >= 0.6 is 0 Å². The van der Waals surface area contributed by atoms with Crippen molar-refractivity contribution in [3.05, 3.63) is 34.4 Å². The van der Waals surface area contributed by atoms with E-state index in [1.165, 1.54) is 24.3 Å². The van der Waals surface area contributed by atoms with Gasteiger partial charge in [-0.1, -0.05) is 6.42 Å². The summed E-state index contributed by atoms with van der Waals surface area (Å²) in [7, 11) is -3.63. The number of nitro groups is 1. The summed E-state index contributed by atoms with van der Waals surface area (Å²) in [5.74, 6) is 0.251. The third-order valence-corrected chi connectivity index (χ3v) is 5.18. The van der Waals surface area contributed by atoms with Gasteiger partial charge in [0, 0.05) is 24.7 Å². The minimum atomic E-state index is -3.63. The van der Waals surface area contributed by atoms with Crippen LogP contribution in [-0.4, -0.2) is 25.9 Å². The second-order valence-corrected chi connectivity index (χ2v) is 7.16. The van der Waals surface area contributed by atoms with Crippen LogP contribution in [0.15, 0.2) is 29.2 Å². The third-order valence-electron chi connectivity index (χ3n) is 3.74. The highest BCUT2D eigenvalue weighted by Crippen LogP contribution is 2.23. The number of non-ortho nitro benzene ring substituents is 1. The minimum absolute atomic E-state index is 0.0354. The van der Waals surface area contributed by atoms with Gasteiger partial charge in [0.1, 0.15) is 0 Å². The van der Waals surface area contributed by atoms with E-state index in [9.17, 15) is 18.5 Å². The number of benzene rings is 1. The molecule has 2 unspecified atom stereocenters. The zero-order valence-electron chi connectivity index (χ0n) is 11.6. The lowest BCUT2D eigenvalue weighted by molar-refractivity contribution is -0.384. The third kappa shape index (κ3) is 4.23. The standard InChI is InChI=1S/C13H19N3O4S/c14-11-3-1-2-10(8-11)9-15-21(19,20)13-6-4-12(5-7-13)16(17)18/h4-7,10-11,15H,1-3,8-9,14H2. The van der Waals surface area contributed by atoms with Gasteiger partial charge in [0.2, 0.25) is 10.0 Å². The van der Waals surface area contributed by atoms with Gasteiger partial charge in [-0.3, -0.25) is 10.1 Å². The number of nitrogens with two attached hydrogens (primary N) is 1. The summed E-state index contributed by atoms with van der Waals surface area (Å²) in [6.07, 6.45) is 3.80. The van der Waals surface area contributed by atoms with Gasteiger partial charge in [-0.15, -0.1) is 0 Å². The lowest BCUT2D eigenvalue weighted by atomic mass is 9.86. The number of rotatable bonds is 5. The van der Waals surface area contributed by atoms with Crippen LogP contribution in [0.5, 0.6) is 0 Å². The van der Waals surface area contributed by atoms with Crippen LogP contribution in [0.4, 0.5) is 5.69 Å². The molecule has 1 aromatic rings. The molecule has 116 valence electrons. The van der Waals surface area contributed by atoms with Crippen molar-refractivity contribution in [1.82, 2.24) is 4.72 Å². The Kier molecular flexibility index (Phi) is 4.92. The minimum Gasteiger partial charge on any atom is -0.328 e. The second kappa shape index (κ2) is 6.50. The number of hydrogen-bond acceptors (Lipinski definition) is 5. The summed E-state index contributed by atoms with van der Waals surface area (Å²) in [5, 5.41) is 10.6. The van der Waals surface area contributed by atoms with Gasteiger partial charge in [0.05, 0.1) is 9.82 Å². The Labute approximate surface area is 123 Å². The maximum absolute atomic E-state index is 12.1. The van der Waals surface area contributed by atoms with E-state index in [4.69, 9.17) is 5.73 Å². The Bertz CT molecular complexity index is 600. The van der Waals surface area contributed by atoms with E-state index in [0.717, 1.165) is 25.7 Å². The van der Waals surface area contributed by atoms with Crippen LogP contribution in [0.1, 0.15) is 25.7 Å². The van der Waals surface area contributed by atoms with Gasteiger partial charge in [0.25, 0.3) is 5.69 Å². The largest absolute Gasteiger partial charge is 0.328 e. The summed E-state index contributed by atoms with van der Waals surface area (Å²) in [6.45, 7) is 0.354. The molecule has 2 atom stereocenters. The van der Waals surface area contributed by atoms with Crippen molar-refractivity contribution in [3.63, 3.8) is 0 Å². The van der Waals surface area contributed by atoms with E-state index in [-0.39, 0.29) is 22.5 Å². The molecule has 8 heteroatoms. The Morgan fingerprint density at radius 1 is 1.29 bits per heavy atom. The van der Waals surface area contributed by atoms with E-state index in [1.54, 1.807) is 0 Å². The van der Waals surface area contributed by atoms with Crippen molar-refractivity contribution >= 4 is 15.7 Å². The van der Waals surface area contributed by atoms with Crippen LogP contribution < -0.4 is 10.5 Å². The summed E-state index contributed by atoms with van der Waals surface area (Å²) in [6, 6.07) is 5.00. The fourth-order valence-electron chi connectivity index (χ4n) is 2.58. The van der Waals surface area contributed by atoms with Gasteiger partial charge in [-0.05, 0) is 37.3 Å². The lowest BCUT2D eigenvalue weighted by Crippen LogP contribution is -2.35. The fraction of sp³-hybridized carbons (Fsp3) is 0.538. The smallest absolute Gasteiger partial charge is 0.269 e. The molecule has 0 spiro atoms. The molecule has 1 aliphatic rings. The Morgan fingerprint density at radius 3 is 2.52 bits per heavy atom. The van der Waals surface area contributed by atoms with Gasteiger partial charge in [0.15, 0.2) is 0 Å². The topological polar surface area (TPSA) is 115 Å². The molecule has 0 saturated heterocycles. The molecule has 0 bridgehead atoms. The maximum atomic E-state index is 12.1. The van der Waals surface area contributed by atoms with E-state index < -0.39 is 14.9 Å². The molecule has 1 aromatic carbocycles. The van der Waals surface area contributed by atoms with Crippen molar-refractivity contribution in [2.75, 3.05) is 6.54 Å². The fourth-order valence-corrected chi connectivity index (χ4v) is 3.69. The summed E-state index contributed by atoms with van der Waals surface area (Å²) in [4.78, 5) is 10.0. The predicted molar refractivity (Wildman–Crippen MR) is 78.2 cm³/mol. The molecule has 1 saturated carbocycles. The molecule has 0 aliphatic heterocycles. The SMILES string of the molecule is NC1CCCC(CNS(=O)(=O)c2ccc([N+](=O)[O-])cc2)C1. The van der Waals surface area contributed by atoms with Crippen molar-refractivity contribution in [1.29, 1.82) is 0 Å². The number of nitrogens with one attached hydrogen (secondary N) is 1. The number of hydrogen-bond donors (Lipinski definition) is 2. The van der Waals surface area contributed by atoms with Crippen LogP contribution in [0.3, 0.4) is 0 Å². The molecular weight excluding hydrogens is 294 g/mol. The quantitative estimate of drug-likeness (QED) is 0.629. The van der Waals surface area contributed by atoms with E-state index in [1.807, 2.05) is 0 Å². The molecule has 0 heterocycles. The highest BCUT2D eigenvalue weighted by atomic mass is 32.2. The van der Waals surface area contributed by atoms with Gasteiger partial charge in [-0.25, -0.2) is 13.1 Å². The highest BCUT2D eigenvalue weighted by molar-refractivity contribution is 7.89. The average Bonchev–Trinajstić information content (AvgIpc) is 2.45. The van der Waals surface area contributed by atoms with E-state index >= 15 is 0 Å². The second-order valence-electron chi connectivity index (χ2n) is 5.40. The first-order valence-electron chi connectivity index (χ1n) is 6.88. The Morgan fingerprint density at radius 2 is 1.95 bits per heavy atom. The van der Waals surface area contributed by atoms with Crippen LogP contribution in [-0.2, 0) is 10.0 Å². The molecule has 0 radical (unpaired) electrons. The van der Waals surface area contributed by atoms with Gasteiger partial charge >= 0.3 is 0 Å². The average molecular weight is 313 g/mol. The van der Waals surface area contributed by atoms with Crippen LogP contribution in [0, 0.1) is 16.0 Å². The van der Waals surface area contributed by atoms with Crippen LogP contribution in [0.25, 0.3) is 0 Å². The first-order chi connectivity index (χ1) is 9.88. The molecule has 2 rings (SSSR count). The maximum Gasteiger partial charge on any atom is 0.269 e.